The lowest BCUT2D eigenvalue weighted by Gasteiger charge is -2.30. The SMILES string of the molecule is C=CCOC(=O)N[C@@]1(C(=O)OCOC(=O)c2ccc(OC)cc2)CC[C@H]2[C@H](C(=O)OCC=C)[C@H]21. The molecule has 0 aliphatic heterocycles. The minimum atomic E-state index is -1.51. The second kappa shape index (κ2) is 10.9. The van der Waals surface area contributed by atoms with E-state index in [0.29, 0.717) is 12.2 Å². The van der Waals surface area contributed by atoms with Crippen LogP contribution in [0.5, 0.6) is 5.75 Å². The van der Waals surface area contributed by atoms with Gasteiger partial charge in [0.25, 0.3) is 0 Å². The molecule has 2 fully saturated rings. The van der Waals surface area contributed by atoms with E-state index in [2.05, 4.69) is 18.5 Å². The van der Waals surface area contributed by atoms with Gasteiger partial charge in [-0.05, 0) is 43.0 Å². The molecule has 3 rings (SSSR count). The summed E-state index contributed by atoms with van der Waals surface area (Å²) in [4.78, 5) is 50.0. The maximum Gasteiger partial charge on any atom is 0.408 e. The predicted molar refractivity (Wildman–Crippen MR) is 118 cm³/mol. The minimum absolute atomic E-state index is 0.0440. The van der Waals surface area contributed by atoms with Gasteiger partial charge in [-0.25, -0.2) is 14.4 Å². The van der Waals surface area contributed by atoms with E-state index in [1.807, 2.05) is 0 Å². The molecule has 0 saturated heterocycles. The summed E-state index contributed by atoms with van der Waals surface area (Å²) in [7, 11) is 1.50. The molecule has 1 aromatic carbocycles. The van der Waals surface area contributed by atoms with Crippen LogP contribution in [0.4, 0.5) is 4.79 Å². The van der Waals surface area contributed by atoms with E-state index in [1.165, 1.54) is 31.4 Å². The number of hydrogen-bond donors (Lipinski definition) is 1. The van der Waals surface area contributed by atoms with Crippen molar-refractivity contribution in [2.75, 3.05) is 27.1 Å². The van der Waals surface area contributed by atoms with Gasteiger partial charge >= 0.3 is 24.0 Å². The summed E-state index contributed by atoms with van der Waals surface area (Å²) in [6.45, 7) is 6.30. The number of nitrogens with one attached hydrogen (secondary N) is 1. The van der Waals surface area contributed by atoms with Crippen molar-refractivity contribution in [2.45, 2.75) is 18.4 Å². The fraction of sp³-hybridized carbons (Fsp3) is 0.417. The Morgan fingerprint density at radius 2 is 1.71 bits per heavy atom. The average Bonchev–Trinajstić information content (AvgIpc) is 3.47. The van der Waals surface area contributed by atoms with Gasteiger partial charge in [-0.1, -0.05) is 25.3 Å². The van der Waals surface area contributed by atoms with Gasteiger partial charge in [-0.3, -0.25) is 4.79 Å². The van der Waals surface area contributed by atoms with E-state index in [9.17, 15) is 19.2 Å². The summed E-state index contributed by atoms with van der Waals surface area (Å²) < 4.78 is 25.4. The first kappa shape index (κ1) is 24.8. The highest BCUT2D eigenvalue weighted by Gasteiger charge is 2.72. The Hall–Kier alpha value is -3.82. The van der Waals surface area contributed by atoms with Gasteiger partial charge in [-0.2, -0.15) is 0 Å². The number of alkyl carbamates (subject to hydrolysis) is 1. The first-order valence-corrected chi connectivity index (χ1v) is 10.7. The molecule has 4 atom stereocenters. The number of carbonyl (C=O) groups excluding carboxylic acids is 4. The molecule has 0 aromatic heterocycles. The van der Waals surface area contributed by atoms with Crippen LogP contribution in [0.1, 0.15) is 23.2 Å². The number of carbonyl (C=O) groups is 4. The molecule has 2 aliphatic rings. The van der Waals surface area contributed by atoms with Crippen LogP contribution in [0.15, 0.2) is 49.6 Å². The second-order valence-corrected chi connectivity index (χ2v) is 7.87. The van der Waals surface area contributed by atoms with Gasteiger partial charge in [0.2, 0.25) is 6.79 Å². The summed E-state index contributed by atoms with van der Waals surface area (Å²) in [5.41, 5.74) is -1.27. The third-order valence-corrected chi connectivity index (χ3v) is 5.95. The molecule has 0 unspecified atom stereocenters. The Morgan fingerprint density at radius 3 is 2.35 bits per heavy atom. The number of rotatable bonds is 11. The van der Waals surface area contributed by atoms with E-state index < -0.39 is 48.2 Å². The van der Waals surface area contributed by atoms with E-state index in [-0.39, 0.29) is 31.1 Å². The maximum absolute atomic E-state index is 13.1. The molecule has 10 heteroatoms. The van der Waals surface area contributed by atoms with Crippen molar-refractivity contribution < 1.29 is 42.9 Å². The van der Waals surface area contributed by atoms with Crippen LogP contribution in [0, 0.1) is 17.8 Å². The Bertz CT molecular complexity index is 958. The van der Waals surface area contributed by atoms with Crippen LogP contribution < -0.4 is 10.1 Å². The van der Waals surface area contributed by atoms with Crippen LogP contribution in [0.2, 0.25) is 0 Å². The van der Waals surface area contributed by atoms with Gasteiger partial charge in [0.05, 0.1) is 18.6 Å². The minimum Gasteiger partial charge on any atom is -0.497 e. The topological polar surface area (TPSA) is 126 Å². The first-order chi connectivity index (χ1) is 16.4. The third kappa shape index (κ3) is 5.22. The van der Waals surface area contributed by atoms with Crippen molar-refractivity contribution >= 4 is 24.0 Å². The van der Waals surface area contributed by atoms with Crippen LogP contribution in [0.25, 0.3) is 0 Å². The molecule has 0 spiro atoms. The number of hydrogen-bond acceptors (Lipinski definition) is 9. The lowest BCUT2D eigenvalue weighted by Crippen LogP contribution is -2.57. The summed E-state index contributed by atoms with van der Waals surface area (Å²) in [5, 5.41) is 2.58. The number of benzene rings is 1. The zero-order valence-corrected chi connectivity index (χ0v) is 18.8. The molecule has 1 N–H and O–H groups in total. The Labute approximate surface area is 196 Å². The molecule has 0 radical (unpaired) electrons. The number of amides is 1. The van der Waals surface area contributed by atoms with Crippen LogP contribution in [-0.2, 0) is 28.5 Å². The number of esters is 3. The Kier molecular flexibility index (Phi) is 7.93. The van der Waals surface area contributed by atoms with Gasteiger partial charge < -0.3 is 29.0 Å². The smallest absolute Gasteiger partial charge is 0.408 e. The van der Waals surface area contributed by atoms with E-state index in [1.54, 1.807) is 12.1 Å². The monoisotopic (exact) mass is 473 g/mol. The highest BCUT2D eigenvalue weighted by Crippen LogP contribution is 2.63. The summed E-state index contributed by atoms with van der Waals surface area (Å²) in [6.07, 6.45) is 2.72. The molecule has 0 bridgehead atoms. The summed E-state index contributed by atoms with van der Waals surface area (Å²) in [5.74, 6) is -2.67. The van der Waals surface area contributed by atoms with E-state index in [0.717, 1.165) is 0 Å². The highest BCUT2D eigenvalue weighted by atomic mass is 16.7. The largest absolute Gasteiger partial charge is 0.497 e. The second-order valence-electron chi connectivity index (χ2n) is 7.87. The normalized spacial score (nSPS) is 24.1. The standard InChI is InChI=1S/C24H27NO9/c1-4-12-31-21(27)18-17-10-11-24(19(17)18,25-23(29)32-13-5-2)22(28)34-14-33-20(26)15-6-8-16(30-3)9-7-15/h4-9,17-19H,1-2,10-14H2,3H3,(H,25,29)/t17-,18-,19-,24-/m0/s1. The zero-order chi connectivity index (χ0) is 24.7. The molecule has 10 nitrogen and oxygen atoms in total. The van der Waals surface area contributed by atoms with Crippen molar-refractivity contribution in [1.29, 1.82) is 0 Å². The van der Waals surface area contributed by atoms with Crippen molar-refractivity contribution in [3.63, 3.8) is 0 Å². The Balaban J connectivity index is 1.66. The molecule has 34 heavy (non-hydrogen) atoms. The lowest BCUT2D eigenvalue weighted by atomic mass is 9.90. The molecule has 0 heterocycles. The van der Waals surface area contributed by atoms with Crippen LogP contribution in [-0.4, -0.2) is 56.7 Å². The van der Waals surface area contributed by atoms with Gasteiger partial charge in [0, 0.05) is 5.92 Å². The number of fused-ring (bicyclic) bond motifs is 1. The highest BCUT2D eigenvalue weighted by molar-refractivity contribution is 5.91. The fourth-order valence-electron chi connectivity index (χ4n) is 4.39. The number of methoxy groups -OCH3 is 1. The third-order valence-electron chi connectivity index (χ3n) is 5.95. The van der Waals surface area contributed by atoms with Crippen molar-refractivity contribution in [1.82, 2.24) is 5.32 Å². The molecular weight excluding hydrogens is 446 g/mol. The van der Waals surface area contributed by atoms with Crippen LogP contribution in [0.3, 0.4) is 0 Å². The summed E-state index contributed by atoms with van der Waals surface area (Å²) in [6, 6.07) is 6.20. The average molecular weight is 473 g/mol. The Morgan fingerprint density at radius 1 is 1.03 bits per heavy atom. The lowest BCUT2D eigenvalue weighted by molar-refractivity contribution is -0.161. The van der Waals surface area contributed by atoms with Crippen molar-refractivity contribution in [3.05, 3.63) is 55.1 Å². The van der Waals surface area contributed by atoms with E-state index in [4.69, 9.17) is 23.7 Å². The molecule has 2 saturated carbocycles. The quantitative estimate of drug-likeness (QED) is 0.223. The molecular formula is C24H27NO9. The molecule has 2 aliphatic carbocycles. The first-order valence-electron chi connectivity index (χ1n) is 10.7. The van der Waals surface area contributed by atoms with Crippen LogP contribution >= 0.6 is 0 Å². The van der Waals surface area contributed by atoms with Gasteiger partial charge in [0.15, 0.2) is 0 Å². The molecule has 1 aromatic rings. The van der Waals surface area contributed by atoms with Crippen molar-refractivity contribution in [3.8, 4) is 5.75 Å². The maximum atomic E-state index is 13.1. The summed E-state index contributed by atoms with van der Waals surface area (Å²) >= 11 is 0. The number of ether oxygens (including phenoxy) is 5. The van der Waals surface area contributed by atoms with Gasteiger partial charge in [-0.15, -0.1) is 0 Å². The zero-order valence-electron chi connectivity index (χ0n) is 18.8. The fourth-order valence-corrected chi connectivity index (χ4v) is 4.39. The predicted octanol–water partition coefficient (Wildman–Crippen LogP) is 2.39. The molecule has 1 amide bonds. The van der Waals surface area contributed by atoms with E-state index >= 15 is 0 Å². The van der Waals surface area contributed by atoms with Gasteiger partial charge in [0.1, 0.15) is 24.5 Å². The molecule has 182 valence electrons. The van der Waals surface area contributed by atoms with Crippen molar-refractivity contribution in [2.24, 2.45) is 17.8 Å².